The molecule has 1 aliphatic heterocycles. The Balaban J connectivity index is 1.43. The largest absolute Gasteiger partial charge is 0.312 e. The molecule has 0 aromatic carbocycles. The van der Waals surface area contributed by atoms with E-state index in [1.165, 1.54) is 77.4 Å². The lowest BCUT2D eigenvalue weighted by Crippen LogP contribution is -2.48. The molecule has 0 aromatic heterocycles. The quantitative estimate of drug-likeness (QED) is 0.824. The lowest BCUT2D eigenvalue weighted by molar-refractivity contribution is 0.0489. The Hall–Kier alpha value is -0.0800. The molecular formula is C16H30N2. The monoisotopic (exact) mass is 250 g/mol. The van der Waals surface area contributed by atoms with E-state index in [4.69, 9.17) is 0 Å². The molecule has 0 amide bonds. The molecule has 1 atom stereocenters. The fourth-order valence-electron chi connectivity index (χ4n) is 3.99. The van der Waals surface area contributed by atoms with Gasteiger partial charge in [0.1, 0.15) is 0 Å². The summed E-state index contributed by atoms with van der Waals surface area (Å²) in [6.07, 6.45) is 13.3. The van der Waals surface area contributed by atoms with Crippen molar-refractivity contribution in [1.29, 1.82) is 0 Å². The van der Waals surface area contributed by atoms with Crippen molar-refractivity contribution >= 4 is 0 Å². The molecule has 2 aliphatic carbocycles. The molecule has 0 radical (unpaired) electrons. The van der Waals surface area contributed by atoms with Gasteiger partial charge in [-0.15, -0.1) is 0 Å². The summed E-state index contributed by atoms with van der Waals surface area (Å²) in [5.74, 6) is 0. The molecule has 1 saturated heterocycles. The van der Waals surface area contributed by atoms with E-state index in [1.807, 2.05) is 0 Å². The molecule has 3 fully saturated rings. The van der Waals surface area contributed by atoms with Gasteiger partial charge in [0.2, 0.25) is 0 Å². The third kappa shape index (κ3) is 3.08. The summed E-state index contributed by atoms with van der Waals surface area (Å²) in [7, 11) is 0. The van der Waals surface area contributed by atoms with E-state index in [1.54, 1.807) is 0 Å². The minimum atomic E-state index is 0.742. The van der Waals surface area contributed by atoms with Crippen LogP contribution in [-0.2, 0) is 0 Å². The van der Waals surface area contributed by atoms with Gasteiger partial charge in [-0.05, 0) is 64.0 Å². The predicted molar refractivity (Wildman–Crippen MR) is 76.8 cm³/mol. The summed E-state index contributed by atoms with van der Waals surface area (Å²) in [5.41, 5.74) is 0.762. The normalized spacial score (nSPS) is 30.5. The van der Waals surface area contributed by atoms with Crippen molar-refractivity contribution in [2.24, 2.45) is 5.41 Å². The summed E-state index contributed by atoms with van der Waals surface area (Å²) >= 11 is 0. The minimum Gasteiger partial charge on any atom is -0.312 e. The molecule has 18 heavy (non-hydrogen) atoms. The van der Waals surface area contributed by atoms with E-state index in [2.05, 4.69) is 17.1 Å². The van der Waals surface area contributed by atoms with E-state index in [0.29, 0.717) is 0 Å². The van der Waals surface area contributed by atoms with Gasteiger partial charge >= 0.3 is 0 Å². The lowest BCUT2D eigenvalue weighted by Gasteiger charge is -2.46. The molecule has 2 nitrogen and oxygen atoms in total. The van der Waals surface area contributed by atoms with Crippen molar-refractivity contribution in [1.82, 2.24) is 10.2 Å². The highest BCUT2D eigenvalue weighted by molar-refractivity contribution is 4.90. The molecule has 2 saturated carbocycles. The fourth-order valence-corrected chi connectivity index (χ4v) is 3.99. The second-order valence-electron chi connectivity index (χ2n) is 7.13. The Labute approximate surface area is 113 Å². The SMILES string of the molecule is CC(CNC1CC1)N1CCC2(CCCCC2)CC1. The first-order chi connectivity index (χ1) is 8.77. The van der Waals surface area contributed by atoms with E-state index in [0.717, 1.165) is 17.5 Å². The summed E-state index contributed by atoms with van der Waals surface area (Å²) in [5, 5.41) is 3.68. The third-order valence-electron chi connectivity index (χ3n) is 5.68. The van der Waals surface area contributed by atoms with Crippen LogP contribution in [-0.4, -0.2) is 36.6 Å². The van der Waals surface area contributed by atoms with Gasteiger partial charge in [0.15, 0.2) is 0 Å². The number of hydrogen-bond donors (Lipinski definition) is 1. The standard InChI is InChI=1S/C16H30N2/c1-14(13-17-15-5-6-15)18-11-9-16(10-12-18)7-3-2-4-8-16/h14-15,17H,2-13H2,1H3. The molecule has 1 heterocycles. The summed E-state index contributed by atoms with van der Waals surface area (Å²) < 4.78 is 0. The van der Waals surface area contributed by atoms with Gasteiger partial charge in [-0.2, -0.15) is 0 Å². The van der Waals surface area contributed by atoms with Crippen LogP contribution in [0.1, 0.15) is 64.7 Å². The smallest absolute Gasteiger partial charge is 0.0192 e. The summed E-state index contributed by atoms with van der Waals surface area (Å²) in [6, 6.07) is 1.61. The molecular weight excluding hydrogens is 220 g/mol. The van der Waals surface area contributed by atoms with Crippen LogP contribution in [0.3, 0.4) is 0 Å². The highest BCUT2D eigenvalue weighted by atomic mass is 15.2. The Bertz CT molecular complexity index is 256. The fraction of sp³-hybridized carbons (Fsp3) is 1.00. The van der Waals surface area contributed by atoms with Crippen LogP contribution in [0.25, 0.3) is 0 Å². The highest BCUT2D eigenvalue weighted by Gasteiger charge is 2.36. The van der Waals surface area contributed by atoms with Crippen LogP contribution in [0.5, 0.6) is 0 Å². The molecule has 0 bridgehead atoms. The van der Waals surface area contributed by atoms with Gasteiger partial charge in [0.05, 0.1) is 0 Å². The van der Waals surface area contributed by atoms with Crippen LogP contribution >= 0.6 is 0 Å². The molecule has 0 aromatic rings. The maximum absolute atomic E-state index is 3.68. The number of hydrogen-bond acceptors (Lipinski definition) is 2. The minimum absolute atomic E-state index is 0.742. The zero-order valence-corrected chi connectivity index (χ0v) is 12.1. The average Bonchev–Trinajstić information content (AvgIpc) is 3.22. The van der Waals surface area contributed by atoms with Gasteiger partial charge in [0, 0.05) is 18.6 Å². The van der Waals surface area contributed by atoms with Crippen LogP contribution in [0.4, 0.5) is 0 Å². The molecule has 2 heteroatoms. The Morgan fingerprint density at radius 1 is 1.06 bits per heavy atom. The average molecular weight is 250 g/mol. The Morgan fingerprint density at radius 3 is 2.33 bits per heavy atom. The number of rotatable bonds is 4. The zero-order chi connectivity index (χ0) is 12.4. The van der Waals surface area contributed by atoms with Gasteiger partial charge in [-0.3, -0.25) is 4.90 Å². The first-order valence-electron chi connectivity index (χ1n) is 8.25. The lowest BCUT2D eigenvalue weighted by atomic mass is 9.68. The first kappa shape index (κ1) is 12.9. The Morgan fingerprint density at radius 2 is 1.72 bits per heavy atom. The van der Waals surface area contributed by atoms with Gasteiger partial charge in [-0.1, -0.05) is 19.3 Å². The third-order valence-corrected chi connectivity index (χ3v) is 5.68. The molecule has 3 rings (SSSR count). The summed E-state index contributed by atoms with van der Waals surface area (Å²) in [4.78, 5) is 2.73. The van der Waals surface area contributed by atoms with Crippen molar-refractivity contribution in [2.45, 2.75) is 76.8 Å². The van der Waals surface area contributed by atoms with Gasteiger partial charge in [0.25, 0.3) is 0 Å². The van der Waals surface area contributed by atoms with Crippen LogP contribution in [0.15, 0.2) is 0 Å². The molecule has 3 aliphatic rings. The predicted octanol–water partition coefficient (Wildman–Crippen LogP) is 3.17. The van der Waals surface area contributed by atoms with Crippen molar-refractivity contribution in [3.05, 3.63) is 0 Å². The topological polar surface area (TPSA) is 15.3 Å². The van der Waals surface area contributed by atoms with E-state index < -0.39 is 0 Å². The van der Waals surface area contributed by atoms with Gasteiger partial charge < -0.3 is 5.32 Å². The molecule has 1 spiro atoms. The van der Waals surface area contributed by atoms with Gasteiger partial charge in [-0.25, -0.2) is 0 Å². The van der Waals surface area contributed by atoms with Crippen LogP contribution in [0.2, 0.25) is 0 Å². The van der Waals surface area contributed by atoms with Crippen LogP contribution < -0.4 is 5.32 Å². The maximum Gasteiger partial charge on any atom is 0.0192 e. The second-order valence-corrected chi connectivity index (χ2v) is 7.13. The highest BCUT2D eigenvalue weighted by Crippen LogP contribution is 2.44. The first-order valence-corrected chi connectivity index (χ1v) is 8.25. The molecule has 1 unspecified atom stereocenters. The number of nitrogens with zero attached hydrogens (tertiary/aromatic N) is 1. The van der Waals surface area contributed by atoms with Crippen molar-refractivity contribution in [3.63, 3.8) is 0 Å². The van der Waals surface area contributed by atoms with E-state index >= 15 is 0 Å². The zero-order valence-electron chi connectivity index (χ0n) is 12.1. The van der Waals surface area contributed by atoms with Crippen molar-refractivity contribution in [2.75, 3.05) is 19.6 Å². The molecule has 104 valence electrons. The summed E-state index contributed by atoms with van der Waals surface area (Å²) in [6.45, 7) is 6.33. The maximum atomic E-state index is 3.68. The van der Waals surface area contributed by atoms with Crippen molar-refractivity contribution in [3.8, 4) is 0 Å². The second kappa shape index (κ2) is 5.50. The van der Waals surface area contributed by atoms with Crippen LogP contribution in [0, 0.1) is 5.41 Å². The van der Waals surface area contributed by atoms with E-state index in [-0.39, 0.29) is 0 Å². The Kier molecular flexibility index (Phi) is 3.95. The number of likely N-dealkylation sites (tertiary alicyclic amines) is 1. The molecule has 1 N–H and O–H groups in total. The number of piperidine rings is 1. The van der Waals surface area contributed by atoms with E-state index in [9.17, 15) is 0 Å². The number of nitrogens with one attached hydrogen (secondary N) is 1. The van der Waals surface area contributed by atoms with Crippen molar-refractivity contribution < 1.29 is 0 Å².